The Kier molecular flexibility index (Phi) is 7.01. The van der Waals surface area contributed by atoms with Crippen LogP contribution in [-0.4, -0.2) is 30.8 Å². The first-order chi connectivity index (χ1) is 7.81. The Morgan fingerprint density at radius 3 is 2.75 bits per heavy atom. The molecule has 0 aromatic carbocycles. The molecule has 0 aliphatic heterocycles. The first kappa shape index (κ1) is 13.9. The zero-order valence-electron chi connectivity index (χ0n) is 10.6. The minimum absolute atomic E-state index is 0.311. The molecule has 1 rings (SSSR count). The van der Waals surface area contributed by atoms with E-state index in [4.69, 9.17) is 10.8 Å². The highest BCUT2D eigenvalue weighted by atomic mass is 16.3. The Labute approximate surface area is 99.8 Å². The maximum atomic E-state index is 8.96. The lowest BCUT2D eigenvalue weighted by molar-refractivity contribution is 0.226. The molecule has 0 aromatic rings. The van der Waals surface area contributed by atoms with Crippen molar-refractivity contribution in [2.75, 3.05) is 19.7 Å². The van der Waals surface area contributed by atoms with E-state index >= 15 is 0 Å². The molecule has 16 heavy (non-hydrogen) atoms. The lowest BCUT2D eigenvalue weighted by atomic mass is 9.84. The van der Waals surface area contributed by atoms with Gasteiger partial charge >= 0.3 is 0 Å². The van der Waals surface area contributed by atoms with Crippen LogP contribution in [0.1, 0.15) is 45.4 Å². The summed E-state index contributed by atoms with van der Waals surface area (Å²) in [4.78, 5) is 0. The smallest absolute Gasteiger partial charge is 0.0434 e. The molecule has 3 heteroatoms. The van der Waals surface area contributed by atoms with Crippen molar-refractivity contribution in [3.8, 4) is 0 Å². The van der Waals surface area contributed by atoms with Crippen molar-refractivity contribution in [1.82, 2.24) is 5.32 Å². The number of nitrogens with one attached hydrogen (secondary N) is 1. The molecular formula is C13H28N2O. The monoisotopic (exact) mass is 228 g/mol. The van der Waals surface area contributed by atoms with Gasteiger partial charge in [0.05, 0.1) is 0 Å². The highest BCUT2D eigenvalue weighted by Crippen LogP contribution is 2.23. The van der Waals surface area contributed by atoms with Gasteiger partial charge in [-0.25, -0.2) is 0 Å². The fourth-order valence-corrected chi connectivity index (χ4v) is 2.71. The van der Waals surface area contributed by atoms with Crippen LogP contribution in [0.15, 0.2) is 0 Å². The maximum Gasteiger partial charge on any atom is 0.0434 e. The van der Waals surface area contributed by atoms with Gasteiger partial charge in [-0.15, -0.1) is 0 Å². The van der Waals surface area contributed by atoms with Crippen LogP contribution < -0.4 is 11.1 Å². The van der Waals surface area contributed by atoms with Crippen molar-refractivity contribution in [3.05, 3.63) is 0 Å². The Balaban J connectivity index is 2.28. The number of nitrogens with two attached hydrogens (primary N) is 1. The van der Waals surface area contributed by atoms with E-state index in [1.165, 1.54) is 25.7 Å². The summed E-state index contributed by atoms with van der Waals surface area (Å²) in [6.07, 6.45) is 7.30. The zero-order chi connectivity index (χ0) is 11.8. The van der Waals surface area contributed by atoms with Gasteiger partial charge in [0, 0.05) is 12.6 Å². The van der Waals surface area contributed by atoms with E-state index in [0.717, 1.165) is 25.9 Å². The van der Waals surface area contributed by atoms with Crippen LogP contribution in [0.5, 0.6) is 0 Å². The van der Waals surface area contributed by atoms with Crippen molar-refractivity contribution < 1.29 is 5.11 Å². The van der Waals surface area contributed by atoms with Crippen LogP contribution >= 0.6 is 0 Å². The molecule has 4 N–H and O–H groups in total. The zero-order valence-corrected chi connectivity index (χ0v) is 10.6. The van der Waals surface area contributed by atoms with Gasteiger partial charge in [-0.1, -0.05) is 26.2 Å². The summed E-state index contributed by atoms with van der Waals surface area (Å²) < 4.78 is 0. The molecular weight excluding hydrogens is 200 g/mol. The highest BCUT2D eigenvalue weighted by Gasteiger charge is 2.23. The Bertz CT molecular complexity index is 175. The minimum Gasteiger partial charge on any atom is -0.396 e. The molecule has 96 valence electrons. The van der Waals surface area contributed by atoms with E-state index in [0.29, 0.717) is 24.5 Å². The van der Waals surface area contributed by atoms with Crippen molar-refractivity contribution >= 4 is 0 Å². The SMILES string of the molecule is CCC(CCO)CNC1CCCCC1CN. The Hall–Kier alpha value is -0.120. The summed E-state index contributed by atoms with van der Waals surface area (Å²) in [6, 6.07) is 0.617. The summed E-state index contributed by atoms with van der Waals surface area (Å²) in [5, 5.41) is 12.6. The second-order valence-electron chi connectivity index (χ2n) is 5.08. The largest absolute Gasteiger partial charge is 0.396 e. The molecule has 0 bridgehead atoms. The first-order valence-electron chi connectivity index (χ1n) is 6.86. The molecule has 1 saturated carbocycles. The number of hydrogen-bond donors (Lipinski definition) is 3. The van der Waals surface area contributed by atoms with Crippen LogP contribution in [0.4, 0.5) is 0 Å². The lowest BCUT2D eigenvalue weighted by Gasteiger charge is -2.32. The Morgan fingerprint density at radius 1 is 1.38 bits per heavy atom. The minimum atomic E-state index is 0.311. The molecule has 0 heterocycles. The molecule has 1 aliphatic carbocycles. The summed E-state index contributed by atoms with van der Waals surface area (Å²) in [7, 11) is 0. The number of hydrogen-bond acceptors (Lipinski definition) is 3. The third-order valence-electron chi connectivity index (χ3n) is 4.00. The van der Waals surface area contributed by atoms with Crippen LogP contribution in [0.3, 0.4) is 0 Å². The highest BCUT2D eigenvalue weighted by molar-refractivity contribution is 4.82. The van der Waals surface area contributed by atoms with E-state index in [1.807, 2.05) is 0 Å². The van der Waals surface area contributed by atoms with E-state index in [-0.39, 0.29) is 0 Å². The fourth-order valence-electron chi connectivity index (χ4n) is 2.71. The van der Waals surface area contributed by atoms with Crippen LogP contribution in [-0.2, 0) is 0 Å². The molecule has 3 atom stereocenters. The lowest BCUT2D eigenvalue weighted by Crippen LogP contribution is -2.43. The number of rotatable bonds is 7. The Morgan fingerprint density at radius 2 is 2.12 bits per heavy atom. The normalized spacial score (nSPS) is 27.9. The number of aliphatic hydroxyl groups excluding tert-OH is 1. The molecule has 0 aromatic heterocycles. The summed E-state index contributed by atoms with van der Waals surface area (Å²) in [6.45, 7) is 4.36. The molecule has 1 fully saturated rings. The third kappa shape index (κ3) is 4.40. The average molecular weight is 228 g/mol. The van der Waals surface area contributed by atoms with Crippen LogP contribution in [0.2, 0.25) is 0 Å². The topological polar surface area (TPSA) is 58.3 Å². The van der Waals surface area contributed by atoms with Gasteiger partial charge in [0.1, 0.15) is 0 Å². The van der Waals surface area contributed by atoms with E-state index in [1.54, 1.807) is 0 Å². The van der Waals surface area contributed by atoms with Gasteiger partial charge < -0.3 is 16.2 Å². The van der Waals surface area contributed by atoms with Crippen molar-refractivity contribution in [2.45, 2.75) is 51.5 Å². The van der Waals surface area contributed by atoms with E-state index < -0.39 is 0 Å². The van der Waals surface area contributed by atoms with Crippen molar-refractivity contribution in [1.29, 1.82) is 0 Å². The second-order valence-corrected chi connectivity index (χ2v) is 5.08. The summed E-state index contributed by atoms with van der Waals surface area (Å²) >= 11 is 0. The van der Waals surface area contributed by atoms with Crippen LogP contribution in [0, 0.1) is 11.8 Å². The van der Waals surface area contributed by atoms with Gasteiger partial charge in [-0.2, -0.15) is 0 Å². The van der Waals surface area contributed by atoms with Gasteiger partial charge in [-0.3, -0.25) is 0 Å². The van der Waals surface area contributed by atoms with E-state index in [2.05, 4.69) is 12.2 Å². The second kappa shape index (κ2) is 8.04. The molecule has 0 radical (unpaired) electrons. The quantitative estimate of drug-likeness (QED) is 0.619. The van der Waals surface area contributed by atoms with Crippen molar-refractivity contribution in [3.63, 3.8) is 0 Å². The molecule has 1 aliphatic rings. The molecule has 3 nitrogen and oxygen atoms in total. The number of aliphatic hydroxyl groups is 1. The summed E-state index contributed by atoms with van der Waals surface area (Å²) in [5.41, 5.74) is 5.81. The predicted molar refractivity (Wildman–Crippen MR) is 68.3 cm³/mol. The van der Waals surface area contributed by atoms with Gasteiger partial charge in [0.2, 0.25) is 0 Å². The molecule has 0 spiro atoms. The maximum absolute atomic E-state index is 8.96. The summed E-state index contributed by atoms with van der Waals surface area (Å²) in [5.74, 6) is 1.28. The standard InChI is InChI=1S/C13H28N2O/c1-2-11(7-8-16)10-15-13-6-4-3-5-12(13)9-14/h11-13,15-16H,2-10,14H2,1H3. The van der Waals surface area contributed by atoms with Crippen molar-refractivity contribution in [2.24, 2.45) is 17.6 Å². The average Bonchev–Trinajstić information content (AvgIpc) is 2.34. The van der Waals surface area contributed by atoms with Gasteiger partial charge in [0.15, 0.2) is 0 Å². The molecule has 0 saturated heterocycles. The van der Waals surface area contributed by atoms with Gasteiger partial charge in [0.25, 0.3) is 0 Å². The van der Waals surface area contributed by atoms with Crippen LogP contribution in [0.25, 0.3) is 0 Å². The first-order valence-corrected chi connectivity index (χ1v) is 6.86. The van der Waals surface area contributed by atoms with E-state index in [9.17, 15) is 0 Å². The molecule has 0 amide bonds. The predicted octanol–water partition coefficient (Wildman–Crippen LogP) is 1.50. The molecule has 3 unspecified atom stereocenters. The third-order valence-corrected chi connectivity index (χ3v) is 4.00. The fraction of sp³-hybridized carbons (Fsp3) is 1.00. The van der Waals surface area contributed by atoms with Gasteiger partial charge in [-0.05, 0) is 44.2 Å².